The third-order valence-corrected chi connectivity index (χ3v) is 4.62. The summed E-state index contributed by atoms with van der Waals surface area (Å²) in [6.45, 7) is 6.15. The molecule has 0 saturated heterocycles. The molecule has 1 atom stereocenters. The number of benzene rings is 1. The van der Waals surface area contributed by atoms with E-state index < -0.39 is 11.9 Å². The van der Waals surface area contributed by atoms with Gasteiger partial charge in [0, 0.05) is 10.6 Å². The molecule has 0 aromatic heterocycles. The van der Waals surface area contributed by atoms with Crippen molar-refractivity contribution in [2.24, 2.45) is 5.73 Å². The Balaban J connectivity index is 2.56. The van der Waals surface area contributed by atoms with Gasteiger partial charge in [0.25, 0.3) is 0 Å². The average molecular weight is 405 g/mol. The molecule has 0 radical (unpaired) electrons. The van der Waals surface area contributed by atoms with Crippen LogP contribution in [-0.4, -0.2) is 19.2 Å². The number of allylic oxidation sites excluding steroid dienone is 2. The van der Waals surface area contributed by atoms with Gasteiger partial charge < -0.3 is 19.9 Å². The third kappa shape index (κ3) is 4.79. The van der Waals surface area contributed by atoms with Gasteiger partial charge in [0.1, 0.15) is 23.2 Å². The number of nitriles is 1. The van der Waals surface area contributed by atoms with Gasteiger partial charge in [-0.25, -0.2) is 4.79 Å². The summed E-state index contributed by atoms with van der Waals surface area (Å²) in [6, 6.07) is 7.19. The van der Waals surface area contributed by atoms with Gasteiger partial charge >= 0.3 is 5.97 Å². The van der Waals surface area contributed by atoms with Crippen molar-refractivity contribution in [3.05, 3.63) is 51.6 Å². The zero-order valence-corrected chi connectivity index (χ0v) is 17.1. The number of hydrogen-bond acceptors (Lipinski definition) is 6. The average Bonchev–Trinajstić information content (AvgIpc) is 2.65. The van der Waals surface area contributed by atoms with Gasteiger partial charge in [-0.2, -0.15) is 5.26 Å². The van der Waals surface area contributed by atoms with E-state index in [2.05, 4.69) is 13.0 Å². The molecule has 1 aromatic rings. The van der Waals surface area contributed by atoms with Crippen LogP contribution in [-0.2, 0) is 14.3 Å². The van der Waals surface area contributed by atoms with Gasteiger partial charge in [-0.05, 0) is 38.5 Å². The highest BCUT2D eigenvalue weighted by Crippen LogP contribution is 2.43. The fourth-order valence-electron chi connectivity index (χ4n) is 3.08. The van der Waals surface area contributed by atoms with Gasteiger partial charge in [-0.1, -0.05) is 31.4 Å². The number of halogens is 1. The highest BCUT2D eigenvalue weighted by molar-refractivity contribution is 6.30. The molecule has 1 aliphatic rings. The monoisotopic (exact) mass is 404 g/mol. The van der Waals surface area contributed by atoms with E-state index in [-0.39, 0.29) is 29.4 Å². The Hall–Kier alpha value is -2.65. The molecule has 0 aliphatic carbocycles. The smallest absolute Gasteiger partial charge is 0.338 e. The van der Waals surface area contributed by atoms with Gasteiger partial charge in [-0.15, -0.1) is 0 Å². The first-order valence-corrected chi connectivity index (χ1v) is 9.70. The van der Waals surface area contributed by atoms with Crippen molar-refractivity contribution in [3.63, 3.8) is 0 Å². The normalized spacial score (nSPS) is 16.5. The van der Waals surface area contributed by atoms with Crippen LogP contribution in [0.1, 0.15) is 51.5 Å². The first-order chi connectivity index (χ1) is 13.4. The lowest BCUT2D eigenvalue weighted by atomic mass is 9.82. The maximum absolute atomic E-state index is 12.6. The number of esters is 1. The number of nitrogens with two attached hydrogens (primary N) is 1. The van der Waals surface area contributed by atoms with Gasteiger partial charge in [0.05, 0.1) is 24.7 Å². The fourth-order valence-corrected chi connectivity index (χ4v) is 3.26. The van der Waals surface area contributed by atoms with Crippen molar-refractivity contribution < 1.29 is 19.0 Å². The highest BCUT2D eigenvalue weighted by atomic mass is 35.5. The lowest BCUT2D eigenvalue weighted by Gasteiger charge is -2.28. The lowest BCUT2D eigenvalue weighted by molar-refractivity contribution is -0.139. The number of ether oxygens (including phenoxy) is 3. The molecule has 2 N–H and O–H groups in total. The Morgan fingerprint density at radius 2 is 2.11 bits per heavy atom. The van der Waals surface area contributed by atoms with E-state index in [1.165, 1.54) is 0 Å². The number of hydrogen-bond donors (Lipinski definition) is 1. The molecular formula is C21H25ClN2O4. The molecule has 150 valence electrons. The number of unbranched alkanes of at least 4 members (excludes halogenated alkanes) is 2. The largest absolute Gasteiger partial charge is 0.493 e. The second kappa shape index (κ2) is 10.0. The molecule has 0 spiro atoms. The first kappa shape index (κ1) is 21.6. The minimum atomic E-state index is -0.780. The molecule has 1 aromatic carbocycles. The number of carbonyl (C=O) groups is 1. The van der Waals surface area contributed by atoms with Crippen molar-refractivity contribution in [2.45, 2.75) is 46.0 Å². The molecule has 1 unspecified atom stereocenters. The Morgan fingerprint density at radius 1 is 1.36 bits per heavy atom. The summed E-state index contributed by atoms with van der Waals surface area (Å²) in [5, 5.41) is 10.2. The van der Waals surface area contributed by atoms with Crippen LogP contribution in [0, 0.1) is 11.3 Å². The Kier molecular flexibility index (Phi) is 7.77. The molecule has 7 heteroatoms. The maximum atomic E-state index is 12.6. The lowest BCUT2D eigenvalue weighted by Crippen LogP contribution is -2.26. The van der Waals surface area contributed by atoms with Crippen molar-refractivity contribution >= 4 is 17.6 Å². The van der Waals surface area contributed by atoms with Crippen molar-refractivity contribution in [3.8, 4) is 11.8 Å². The Morgan fingerprint density at radius 3 is 2.75 bits per heavy atom. The van der Waals surface area contributed by atoms with Gasteiger partial charge in [0.15, 0.2) is 0 Å². The van der Waals surface area contributed by atoms with Crippen LogP contribution < -0.4 is 10.5 Å². The van der Waals surface area contributed by atoms with Gasteiger partial charge in [0.2, 0.25) is 5.88 Å². The van der Waals surface area contributed by atoms with E-state index in [4.69, 9.17) is 31.5 Å². The highest BCUT2D eigenvalue weighted by Gasteiger charge is 2.38. The molecule has 0 fully saturated rings. The van der Waals surface area contributed by atoms with Crippen molar-refractivity contribution in [1.29, 1.82) is 5.26 Å². The van der Waals surface area contributed by atoms with E-state index in [0.29, 0.717) is 22.9 Å². The standard InChI is InChI=1S/C21H25ClN2O4/c1-4-6-7-10-27-17-9-8-14(22)11-15(17)19-16(12-23)20(24)28-13(3)18(19)21(25)26-5-2/h8-9,11,19H,4-7,10,24H2,1-3H3. The predicted molar refractivity (Wildman–Crippen MR) is 106 cm³/mol. The molecule has 6 nitrogen and oxygen atoms in total. The van der Waals surface area contributed by atoms with E-state index in [1.54, 1.807) is 32.0 Å². The molecule has 2 rings (SSSR count). The minimum Gasteiger partial charge on any atom is -0.493 e. The first-order valence-electron chi connectivity index (χ1n) is 9.32. The number of carbonyl (C=O) groups excluding carboxylic acids is 1. The van der Waals surface area contributed by atoms with Gasteiger partial charge in [-0.3, -0.25) is 0 Å². The zero-order valence-electron chi connectivity index (χ0n) is 16.4. The van der Waals surface area contributed by atoms with Crippen LogP contribution in [0.25, 0.3) is 0 Å². The van der Waals surface area contributed by atoms with Crippen molar-refractivity contribution in [1.82, 2.24) is 0 Å². The van der Waals surface area contributed by atoms with Crippen LogP contribution >= 0.6 is 11.6 Å². The molecule has 0 saturated carbocycles. The topological polar surface area (TPSA) is 94.6 Å². The molecular weight excluding hydrogens is 380 g/mol. The minimum absolute atomic E-state index is 0.0463. The van der Waals surface area contributed by atoms with Crippen LogP contribution in [0.5, 0.6) is 5.75 Å². The summed E-state index contributed by atoms with van der Waals surface area (Å²) >= 11 is 6.22. The summed E-state index contributed by atoms with van der Waals surface area (Å²) in [5.74, 6) is -0.561. The second-order valence-corrected chi connectivity index (χ2v) is 6.79. The third-order valence-electron chi connectivity index (χ3n) is 4.39. The Bertz CT molecular complexity index is 839. The van der Waals surface area contributed by atoms with E-state index in [0.717, 1.165) is 19.3 Å². The van der Waals surface area contributed by atoms with E-state index in [1.807, 2.05) is 0 Å². The summed E-state index contributed by atoms with van der Waals surface area (Å²) in [7, 11) is 0. The predicted octanol–water partition coefficient (Wildman–Crippen LogP) is 4.55. The fraction of sp³-hybridized carbons (Fsp3) is 0.429. The number of nitrogens with zero attached hydrogens (tertiary/aromatic N) is 1. The molecule has 0 bridgehead atoms. The molecule has 0 amide bonds. The summed E-state index contributed by atoms with van der Waals surface area (Å²) in [5.41, 5.74) is 6.86. The van der Waals surface area contributed by atoms with Crippen LogP contribution in [0.15, 0.2) is 41.0 Å². The van der Waals surface area contributed by atoms with E-state index >= 15 is 0 Å². The molecule has 1 aliphatic heterocycles. The second-order valence-electron chi connectivity index (χ2n) is 6.35. The van der Waals surface area contributed by atoms with E-state index in [9.17, 15) is 10.1 Å². The summed E-state index contributed by atoms with van der Waals surface area (Å²) in [4.78, 5) is 12.6. The zero-order chi connectivity index (χ0) is 20.7. The van der Waals surface area contributed by atoms with Crippen LogP contribution in [0.4, 0.5) is 0 Å². The Labute approximate surface area is 170 Å². The van der Waals surface area contributed by atoms with Crippen molar-refractivity contribution in [2.75, 3.05) is 13.2 Å². The number of rotatable bonds is 8. The molecule has 28 heavy (non-hydrogen) atoms. The maximum Gasteiger partial charge on any atom is 0.338 e. The summed E-state index contributed by atoms with van der Waals surface area (Å²) < 4.78 is 16.6. The quantitative estimate of drug-likeness (QED) is 0.504. The molecule has 1 heterocycles. The van der Waals surface area contributed by atoms with Crippen LogP contribution in [0.2, 0.25) is 5.02 Å². The summed E-state index contributed by atoms with van der Waals surface area (Å²) in [6.07, 6.45) is 3.02. The SMILES string of the molecule is CCCCCOc1ccc(Cl)cc1C1C(C#N)=C(N)OC(C)=C1C(=O)OCC. The van der Waals surface area contributed by atoms with Crippen LogP contribution in [0.3, 0.4) is 0 Å².